The highest BCUT2D eigenvalue weighted by Gasteiger charge is 2.15. The molecule has 0 saturated carbocycles. The molecule has 0 fully saturated rings. The van der Waals surface area contributed by atoms with Crippen molar-refractivity contribution in [3.05, 3.63) is 64.2 Å². The summed E-state index contributed by atoms with van der Waals surface area (Å²) in [7, 11) is 0. The van der Waals surface area contributed by atoms with Crippen LogP contribution in [0.15, 0.2) is 36.4 Å². The molecule has 3 nitrogen and oxygen atoms in total. The van der Waals surface area contributed by atoms with E-state index in [1.807, 2.05) is 26.8 Å². The first-order valence-electron chi connectivity index (χ1n) is 9.18. The summed E-state index contributed by atoms with van der Waals surface area (Å²) < 4.78 is 5.75. The zero-order chi connectivity index (χ0) is 19.5. The van der Waals surface area contributed by atoms with Crippen molar-refractivity contribution in [2.24, 2.45) is 0 Å². The van der Waals surface area contributed by atoms with Gasteiger partial charge in [-0.05, 0) is 67.0 Å². The zero-order valence-corrected chi connectivity index (χ0v) is 17.1. The Morgan fingerprint density at radius 3 is 2.27 bits per heavy atom. The van der Waals surface area contributed by atoms with Gasteiger partial charge in [0.15, 0.2) is 6.61 Å². The van der Waals surface area contributed by atoms with Crippen molar-refractivity contribution in [3.63, 3.8) is 0 Å². The molecule has 26 heavy (non-hydrogen) atoms. The monoisotopic (exact) mass is 353 g/mol. The number of ether oxygens (including phenoxy) is 1. The van der Waals surface area contributed by atoms with Crippen LogP contribution in [-0.2, 0) is 10.2 Å². The summed E-state index contributed by atoms with van der Waals surface area (Å²) in [6, 6.07) is 12.5. The number of hydrogen-bond donors (Lipinski definition) is 1. The zero-order valence-electron chi connectivity index (χ0n) is 17.1. The molecule has 0 aliphatic rings. The Morgan fingerprint density at radius 2 is 1.69 bits per heavy atom. The molecule has 0 aromatic heterocycles. The summed E-state index contributed by atoms with van der Waals surface area (Å²) in [5, 5.41) is 3.01. The summed E-state index contributed by atoms with van der Waals surface area (Å²) >= 11 is 0. The van der Waals surface area contributed by atoms with Crippen LogP contribution in [0.4, 0.5) is 0 Å². The van der Waals surface area contributed by atoms with E-state index in [1.165, 1.54) is 11.1 Å². The maximum absolute atomic E-state index is 12.3. The standard InChI is InChI=1S/C23H31NO2/c1-15-12-16(2)17(3)21(13-15)26-14-22(25)24-18(4)19-8-10-20(11-9-19)23(5,6)7/h8-13,18H,14H2,1-7H3,(H,24,25)/t18-/m1/s1. The molecule has 1 N–H and O–H groups in total. The third-order valence-corrected chi connectivity index (χ3v) is 4.78. The van der Waals surface area contributed by atoms with E-state index in [0.717, 1.165) is 22.4 Å². The molecule has 0 unspecified atom stereocenters. The van der Waals surface area contributed by atoms with Gasteiger partial charge in [0.25, 0.3) is 5.91 Å². The number of amides is 1. The summed E-state index contributed by atoms with van der Waals surface area (Å²) in [5.41, 5.74) is 5.89. The molecular formula is C23H31NO2. The number of carbonyl (C=O) groups is 1. The molecule has 0 spiro atoms. The van der Waals surface area contributed by atoms with Crippen molar-refractivity contribution in [2.45, 2.75) is 59.9 Å². The van der Waals surface area contributed by atoms with Crippen molar-refractivity contribution in [1.82, 2.24) is 5.32 Å². The number of aryl methyl sites for hydroxylation is 2. The number of hydrogen-bond acceptors (Lipinski definition) is 2. The van der Waals surface area contributed by atoms with E-state index in [9.17, 15) is 4.79 Å². The van der Waals surface area contributed by atoms with Crippen LogP contribution in [0.3, 0.4) is 0 Å². The maximum Gasteiger partial charge on any atom is 0.258 e. The fourth-order valence-corrected chi connectivity index (χ4v) is 2.93. The minimum Gasteiger partial charge on any atom is -0.483 e. The molecular weight excluding hydrogens is 322 g/mol. The lowest BCUT2D eigenvalue weighted by Gasteiger charge is -2.21. The first-order valence-corrected chi connectivity index (χ1v) is 9.18. The average Bonchev–Trinajstić information content (AvgIpc) is 2.56. The van der Waals surface area contributed by atoms with Crippen molar-refractivity contribution in [2.75, 3.05) is 6.61 Å². The van der Waals surface area contributed by atoms with Gasteiger partial charge in [-0.1, -0.05) is 51.1 Å². The lowest BCUT2D eigenvalue weighted by Crippen LogP contribution is -2.31. The summed E-state index contributed by atoms with van der Waals surface area (Å²) in [6.45, 7) is 14.7. The second-order valence-electron chi connectivity index (χ2n) is 8.15. The van der Waals surface area contributed by atoms with E-state index in [1.54, 1.807) is 0 Å². The predicted molar refractivity (Wildman–Crippen MR) is 108 cm³/mol. The van der Waals surface area contributed by atoms with Crippen LogP contribution in [0.5, 0.6) is 5.75 Å². The van der Waals surface area contributed by atoms with Crippen LogP contribution in [-0.4, -0.2) is 12.5 Å². The minimum absolute atomic E-state index is 0.0220. The van der Waals surface area contributed by atoms with E-state index in [0.29, 0.717) is 0 Å². The van der Waals surface area contributed by atoms with Crippen molar-refractivity contribution in [1.29, 1.82) is 0 Å². The number of carbonyl (C=O) groups excluding carboxylic acids is 1. The molecule has 0 aliphatic carbocycles. The second kappa shape index (κ2) is 7.94. The number of rotatable bonds is 5. The number of benzene rings is 2. The Kier molecular flexibility index (Phi) is 6.12. The first-order chi connectivity index (χ1) is 12.1. The van der Waals surface area contributed by atoms with Gasteiger partial charge in [-0.15, -0.1) is 0 Å². The molecule has 0 saturated heterocycles. The van der Waals surface area contributed by atoms with Crippen LogP contribution >= 0.6 is 0 Å². The van der Waals surface area contributed by atoms with Crippen LogP contribution in [0, 0.1) is 20.8 Å². The van der Waals surface area contributed by atoms with Crippen LogP contribution in [0.1, 0.15) is 61.6 Å². The van der Waals surface area contributed by atoms with Gasteiger partial charge in [0.1, 0.15) is 5.75 Å². The Labute approximate surface area is 157 Å². The summed E-state index contributed by atoms with van der Waals surface area (Å²) in [6.07, 6.45) is 0. The fourth-order valence-electron chi connectivity index (χ4n) is 2.93. The number of nitrogens with one attached hydrogen (secondary N) is 1. The van der Waals surface area contributed by atoms with Gasteiger partial charge in [-0.2, -0.15) is 0 Å². The third-order valence-electron chi connectivity index (χ3n) is 4.78. The predicted octanol–water partition coefficient (Wildman–Crippen LogP) is 5.17. The van der Waals surface area contributed by atoms with Crippen LogP contribution in [0.2, 0.25) is 0 Å². The largest absolute Gasteiger partial charge is 0.483 e. The van der Waals surface area contributed by atoms with Crippen LogP contribution < -0.4 is 10.1 Å². The first kappa shape index (κ1) is 20.0. The fraction of sp³-hybridized carbons (Fsp3) is 0.435. The van der Waals surface area contributed by atoms with E-state index in [4.69, 9.17) is 4.74 Å². The van der Waals surface area contributed by atoms with Gasteiger partial charge in [-0.3, -0.25) is 4.79 Å². The minimum atomic E-state index is -0.115. The van der Waals surface area contributed by atoms with Gasteiger partial charge < -0.3 is 10.1 Å². The Balaban J connectivity index is 1.95. The summed E-state index contributed by atoms with van der Waals surface area (Å²) in [5.74, 6) is 0.663. The molecule has 1 atom stereocenters. The van der Waals surface area contributed by atoms with E-state index in [-0.39, 0.29) is 24.0 Å². The molecule has 0 radical (unpaired) electrons. The third kappa shape index (κ3) is 5.10. The maximum atomic E-state index is 12.3. The quantitative estimate of drug-likeness (QED) is 0.806. The van der Waals surface area contributed by atoms with E-state index in [2.05, 4.69) is 63.3 Å². The topological polar surface area (TPSA) is 38.3 Å². The highest BCUT2D eigenvalue weighted by atomic mass is 16.5. The van der Waals surface area contributed by atoms with Gasteiger partial charge in [-0.25, -0.2) is 0 Å². The highest BCUT2D eigenvalue weighted by molar-refractivity contribution is 5.78. The highest BCUT2D eigenvalue weighted by Crippen LogP contribution is 2.25. The Morgan fingerprint density at radius 1 is 1.08 bits per heavy atom. The smallest absolute Gasteiger partial charge is 0.258 e. The molecule has 1 amide bonds. The molecule has 0 heterocycles. The van der Waals surface area contributed by atoms with Gasteiger partial charge in [0, 0.05) is 0 Å². The van der Waals surface area contributed by atoms with Crippen molar-refractivity contribution < 1.29 is 9.53 Å². The Bertz CT molecular complexity index is 770. The Hall–Kier alpha value is -2.29. The summed E-state index contributed by atoms with van der Waals surface area (Å²) in [4.78, 5) is 12.3. The molecule has 3 heteroatoms. The van der Waals surface area contributed by atoms with Gasteiger partial charge >= 0.3 is 0 Å². The van der Waals surface area contributed by atoms with Gasteiger partial charge in [0.05, 0.1) is 6.04 Å². The van der Waals surface area contributed by atoms with E-state index < -0.39 is 0 Å². The molecule has 0 bridgehead atoms. The van der Waals surface area contributed by atoms with Crippen molar-refractivity contribution >= 4 is 5.91 Å². The lowest BCUT2D eigenvalue weighted by atomic mass is 9.86. The second-order valence-corrected chi connectivity index (χ2v) is 8.15. The molecule has 2 aromatic rings. The SMILES string of the molecule is Cc1cc(C)c(C)c(OCC(=O)N[C@H](C)c2ccc(C(C)(C)C)cc2)c1. The average molecular weight is 354 g/mol. The van der Waals surface area contributed by atoms with E-state index >= 15 is 0 Å². The normalized spacial score (nSPS) is 12.6. The molecule has 2 aromatic carbocycles. The van der Waals surface area contributed by atoms with Gasteiger partial charge in [0.2, 0.25) is 0 Å². The van der Waals surface area contributed by atoms with Crippen LogP contribution in [0.25, 0.3) is 0 Å². The lowest BCUT2D eigenvalue weighted by molar-refractivity contribution is -0.123. The molecule has 0 aliphatic heterocycles. The molecule has 2 rings (SSSR count). The van der Waals surface area contributed by atoms with Crippen molar-refractivity contribution in [3.8, 4) is 5.75 Å². The molecule has 140 valence electrons.